The van der Waals surface area contributed by atoms with E-state index in [9.17, 15) is 9.59 Å². The van der Waals surface area contributed by atoms with Crippen LogP contribution in [0.3, 0.4) is 0 Å². The number of esters is 1. The van der Waals surface area contributed by atoms with Gasteiger partial charge in [0.15, 0.2) is 5.69 Å². The second-order valence-electron chi connectivity index (χ2n) is 3.31. The van der Waals surface area contributed by atoms with Gasteiger partial charge in [0.1, 0.15) is 6.61 Å². The molecule has 6 nitrogen and oxygen atoms in total. The fourth-order valence-electron chi connectivity index (χ4n) is 1.24. The molecule has 0 aliphatic carbocycles. The van der Waals surface area contributed by atoms with E-state index in [-0.39, 0.29) is 17.9 Å². The summed E-state index contributed by atoms with van der Waals surface area (Å²) in [6, 6.07) is 3.10. The van der Waals surface area contributed by atoms with Crippen LogP contribution in [0.4, 0.5) is 0 Å². The van der Waals surface area contributed by atoms with Gasteiger partial charge < -0.3 is 9.30 Å². The molecule has 8 heteroatoms. The van der Waals surface area contributed by atoms with Crippen molar-refractivity contribution >= 4 is 33.6 Å². The minimum absolute atomic E-state index is 0.104. The summed E-state index contributed by atoms with van der Waals surface area (Å²) in [4.78, 5) is 22.9. The molecule has 2 rings (SSSR count). The first-order valence-corrected chi connectivity index (χ1v) is 6.50. The molecule has 0 unspecified atom stereocenters. The summed E-state index contributed by atoms with van der Waals surface area (Å²) in [6.45, 7) is 0.397. The molecule has 0 saturated heterocycles. The summed E-state index contributed by atoms with van der Waals surface area (Å²) in [7, 11) is 0. The second kappa shape index (κ2) is 5.87. The molecule has 0 aliphatic rings. The van der Waals surface area contributed by atoms with E-state index in [4.69, 9.17) is 4.74 Å². The van der Waals surface area contributed by atoms with Crippen molar-refractivity contribution in [1.29, 1.82) is 0 Å². The summed E-state index contributed by atoms with van der Waals surface area (Å²) in [6.07, 6.45) is 2.98. The number of halogens is 1. The van der Waals surface area contributed by atoms with E-state index in [1.807, 2.05) is 0 Å². The topological polar surface area (TPSA) is 74.1 Å². The summed E-state index contributed by atoms with van der Waals surface area (Å²) in [5.41, 5.74) is 0.0335. The number of hydrogen-bond donors (Lipinski definition) is 0. The van der Waals surface area contributed by atoms with Crippen LogP contribution in [0.1, 0.15) is 10.5 Å². The van der Waals surface area contributed by atoms with Gasteiger partial charge in [-0.1, -0.05) is 0 Å². The zero-order valence-electron chi connectivity index (χ0n) is 9.08. The van der Waals surface area contributed by atoms with Crippen molar-refractivity contribution in [3.8, 4) is 0 Å². The molecule has 0 bridgehead atoms. The van der Waals surface area contributed by atoms with Gasteiger partial charge in [0.05, 0.1) is 24.5 Å². The van der Waals surface area contributed by atoms with Crippen molar-refractivity contribution in [3.63, 3.8) is 0 Å². The predicted octanol–water partition coefficient (Wildman–Crippen LogP) is 1.32. The lowest BCUT2D eigenvalue weighted by Gasteiger charge is -2.06. The van der Waals surface area contributed by atoms with Crippen LogP contribution < -0.4 is 5.56 Å². The molecule has 0 aromatic carbocycles. The molecule has 94 valence electrons. The molecule has 0 aliphatic heterocycles. The molecule has 2 aromatic rings. The van der Waals surface area contributed by atoms with E-state index >= 15 is 0 Å². The van der Waals surface area contributed by atoms with Crippen LogP contribution in [-0.2, 0) is 11.3 Å². The molecule has 18 heavy (non-hydrogen) atoms. The standard InChI is InChI=1S/C10H8BrN3O3S/c11-7-1-2-9(15)14(6-7)3-4-17-10(16)8-5-12-18-13-8/h1-2,5-6H,3-4H2. The van der Waals surface area contributed by atoms with Gasteiger partial charge in [-0.05, 0) is 22.0 Å². The van der Waals surface area contributed by atoms with Gasteiger partial charge in [-0.3, -0.25) is 4.79 Å². The lowest BCUT2D eigenvalue weighted by atomic mass is 10.4. The van der Waals surface area contributed by atoms with Crippen molar-refractivity contribution in [2.45, 2.75) is 6.54 Å². The Balaban J connectivity index is 1.91. The van der Waals surface area contributed by atoms with Crippen LogP contribution in [0.5, 0.6) is 0 Å². The summed E-state index contributed by atoms with van der Waals surface area (Å²) < 4.78 is 14.7. The number of carbonyl (C=O) groups is 1. The molecule has 0 amide bonds. The number of hydrogen-bond acceptors (Lipinski definition) is 6. The SMILES string of the molecule is O=C(OCCn1cc(Br)ccc1=O)c1cnsn1. The zero-order valence-corrected chi connectivity index (χ0v) is 11.5. The summed E-state index contributed by atoms with van der Waals surface area (Å²) in [5.74, 6) is -0.535. The fraction of sp³-hybridized carbons (Fsp3) is 0.200. The highest BCUT2D eigenvalue weighted by atomic mass is 79.9. The third kappa shape index (κ3) is 3.23. The maximum atomic E-state index is 11.5. The van der Waals surface area contributed by atoms with E-state index in [2.05, 4.69) is 24.7 Å². The highest BCUT2D eigenvalue weighted by Crippen LogP contribution is 2.05. The first kappa shape index (κ1) is 12.9. The van der Waals surface area contributed by atoms with Crippen LogP contribution in [-0.4, -0.2) is 25.9 Å². The predicted molar refractivity (Wildman–Crippen MR) is 68.6 cm³/mol. The molecule has 2 heterocycles. The van der Waals surface area contributed by atoms with E-state index < -0.39 is 5.97 Å². The largest absolute Gasteiger partial charge is 0.459 e. The molecule has 0 radical (unpaired) electrons. The normalized spacial score (nSPS) is 10.3. The van der Waals surface area contributed by atoms with Crippen LogP contribution in [0.15, 0.2) is 33.8 Å². The zero-order chi connectivity index (χ0) is 13.0. The Hall–Kier alpha value is -1.54. The van der Waals surface area contributed by atoms with Crippen molar-refractivity contribution in [3.05, 3.63) is 45.0 Å². The number of ether oxygens (including phenoxy) is 1. The van der Waals surface area contributed by atoms with Gasteiger partial charge in [0.2, 0.25) is 0 Å². The number of rotatable bonds is 4. The number of aromatic nitrogens is 3. The van der Waals surface area contributed by atoms with Crippen molar-refractivity contribution in [2.24, 2.45) is 0 Å². The molecular formula is C10H8BrN3O3S. The van der Waals surface area contributed by atoms with Gasteiger partial charge in [0, 0.05) is 16.7 Å². The van der Waals surface area contributed by atoms with E-state index in [0.29, 0.717) is 6.54 Å². The Bertz CT molecular complexity index is 597. The molecule has 0 N–H and O–H groups in total. The summed E-state index contributed by atoms with van der Waals surface area (Å²) >= 11 is 4.20. The van der Waals surface area contributed by atoms with Gasteiger partial charge in [-0.25, -0.2) is 4.79 Å². The second-order valence-corrected chi connectivity index (χ2v) is 4.78. The Morgan fingerprint density at radius 1 is 1.50 bits per heavy atom. The van der Waals surface area contributed by atoms with Crippen LogP contribution >= 0.6 is 27.7 Å². The lowest BCUT2D eigenvalue weighted by molar-refractivity contribution is 0.0484. The van der Waals surface area contributed by atoms with Gasteiger partial charge in [-0.15, -0.1) is 0 Å². The Labute approximate surface area is 115 Å². The Kier molecular flexibility index (Phi) is 4.21. The molecule has 0 saturated carbocycles. The monoisotopic (exact) mass is 329 g/mol. The minimum Gasteiger partial charge on any atom is -0.459 e. The lowest BCUT2D eigenvalue weighted by Crippen LogP contribution is -2.21. The van der Waals surface area contributed by atoms with Crippen LogP contribution in [0, 0.1) is 0 Å². The minimum atomic E-state index is -0.535. The first-order valence-electron chi connectivity index (χ1n) is 4.97. The van der Waals surface area contributed by atoms with Crippen LogP contribution in [0.2, 0.25) is 0 Å². The Morgan fingerprint density at radius 3 is 3.06 bits per heavy atom. The van der Waals surface area contributed by atoms with E-state index in [1.54, 1.807) is 12.3 Å². The molecule has 0 spiro atoms. The van der Waals surface area contributed by atoms with Gasteiger partial charge in [-0.2, -0.15) is 8.75 Å². The van der Waals surface area contributed by atoms with Gasteiger partial charge >= 0.3 is 5.97 Å². The number of pyridine rings is 1. The Morgan fingerprint density at radius 2 is 2.33 bits per heavy atom. The highest BCUT2D eigenvalue weighted by Gasteiger charge is 2.09. The quantitative estimate of drug-likeness (QED) is 0.791. The highest BCUT2D eigenvalue weighted by molar-refractivity contribution is 9.10. The summed E-state index contributed by atoms with van der Waals surface area (Å²) in [5, 5.41) is 0. The average molecular weight is 330 g/mol. The molecular weight excluding hydrogens is 322 g/mol. The molecule has 0 fully saturated rings. The maximum absolute atomic E-state index is 11.5. The number of nitrogens with zero attached hydrogens (tertiary/aromatic N) is 3. The maximum Gasteiger partial charge on any atom is 0.359 e. The molecule has 2 aromatic heterocycles. The van der Waals surface area contributed by atoms with Crippen molar-refractivity contribution < 1.29 is 9.53 Å². The third-order valence-corrected chi connectivity index (χ3v) is 3.03. The average Bonchev–Trinajstić information content (AvgIpc) is 2.87. The fourth-order valence-corrected chi connectivity index (χ4v) is 2.03. The van der Waals surface area contributed by atoms with Crippen molar-refractivity contribution in [1.82, 2.24) is 13.3 Å². The van der Waals surface area contributed by atoms with E-state index in [1.165, 1.54) is 16.8 Å². The van der Waals surface area contributed by atoms with Crippen LogP contribution in [0.25, 0.3) is 0 Å². The number of carbonyl (C=O) groups excluding carboxylic acids is 1. The molecule has 0 atom stereocenters. The smallest absolute Gasteiger partial charge is 0.359 e. The van der Waals surface area contributed by atoms with Gasteiger partial charge in [0.25, 0.3) is 5.56 Å². The van der Waals surface area contributed by atoms with Crippen molar-refractivity contribution in [2.75, 3.05) is 6.61 Å². The first-order chi connectivity index (χ1) is 8.66. The third-order valence-electron chi connectivity index (χ3n) is 2.08. The van der Waals surface area contributed by atoms with E-state index in [0.717, 1.165) is 16.2 Å².